The molecule has 2 unspecified atom stereocenters. The molecule has 2 rings (SSSR count). The van der Waals surface area contributed by atoms with Gasteiger partial charge in [0.05, 0.1) is 24.2 Å². The molecule has 0 aromatic carbocycles. The van der Waals surface area contributed by atoms with E-state index in [1.165, 1.54) is 6.33 Å². The van der Waals surface area contributed by atoms with Crippen LogP contribution in [0.2, 0.25) is 0 Å². The lowest BCUT2D eigenvalue weighted by atomic mass is 10.0. The van der Waals surface area contributed by atoms with Crippen molar-refractivity contribution in [3.63, 3.8) is 0 Å². The number of ether oxygens (including phenoxy) is 1. The van der Waals surface area contributed by atoms with Crippen molar-refractivity contribution in [3.05, 3.63) is 38.2 Å². The van der Waals surface area contributed by atoms with E-state index in [0.717, 1.165) is 23.7 Å². The van der Waals surface area contributed by atoms with Gasteiger partial charge in [-0.3, -0.25) is 0 Å². The summed E-state index contributed by atoms with van der Waals surface area (Å²) in [4.78, 5) is 8.22. The Bertz CT molecular complexity index is 719. The maximum absolute atomic E-state index is 8.79. The smallest absolute Gasteiger partial charge is 0.136 e. The zero-order chi connectivity index (χ0) is 22.7. The van der Waals surface area contributed by atoms with Gasteiger partial charge in [0.2, 0.25) is 0 Å². The molecular weight excluding hydrogens is 364 g/mol. The van der Waals surface area contributed by atoms with Crippen molar-refractivity contribution in [1.29, 1.82) is 0 Å². The van der Waals surface area contributed by atoms with Crippen molar-refractivity contribution in [2.24, 2.45) is 5.92 Å². The molecule has 0 fully saturated rings. The zero-order valence-electron chi connectivity index (χ0n) is 17.7. The van der Waals surface area contributed by atoms with Gasteiger partial charge in [-0.25, -0.2) is 9.97 Å². The predicted octanol–water partition coefficient (Wildman–Crippen LogP) is 2.92. The summed E-state index contributed by atoms with van der Waals surface area (Å²) >= 11 is 0. The molecule has 1 aliphatic rings. The Morgan fingerprint density at radius 2 is 2.00 bits per heavy atom. The fourth-order valence-electron chi connectivity index (χ4n) is 2.37. The molecular formula is C23H32N4O2. The highest BCUT2D eigenvalue weighted by atomic mass is 16.5. The number of anilines is 2. The van der Waals surface area contributed by atoms with Crippen molar-refractivity contribution < 1.29 is 9.84 Å². The summed E-state index contributed by atoms with van der Waals surface area (Å²) in [6, 6.07) is 0. The Balaban J connectivity index is 0. The van der Waals surface area contributed by atoms with E-state index in [4.69, 9.17) is 22.7 Å². The van der Waals surface area contributed by atoms with Gasteiger partial charge in [0.1, 0.15) is 18.0 Å². The number of hydrogen-bond donors (Lipinski definition) is 3. The lowest BCUT2D eigenvalue weighted by Crippen LogP contribution is -2.18. The number of nitrogens with one attached hydrogen (secondary N) is 2. The van der Waals surface area contributed by atoms with Crippen LogP contribution in [-0.4, -0.2) is 48.5 Å². The molecule has 0 bridgehead atoms. The van der Waals surface area contributed by atoms with E-state index in [1.54, 1.807) is 7.11 Å². The summed E-state index contributed by atoms with van der Waals surface area (Å²) in [5, 5.41) is 14.9. The SMILES string of the molecule is C#CC#CC(C)C[C@@H](CO)OC.C#CC1CNc2ncnc(NC)c21.C=C.C=C. The summed E-state index contributed by atoms with van der Waals surface area (Å²) < 4.78 is 4.98. The average molecular weight is 397 g/mol. The lowest BCUT2D eigenvalue weighted by Gasteiger charge is -2.13. The minimum absolute atomic E-state index is 0.0264. The number of aliphatic hydroxyl groups is 1. The van der Waals surface area contributed by atoms with Gasteiger partial charge in [-0.2, -0.15) is 0 Å². The van der Waals surface area contributed by atoms with Crippen LogP contribution in [0.1, 0.15) is 24.8 Å². The van der Waals surface area contributed by atoms with Gasteiger partial charge in [0.15, 0.2) is 0 Å². The van der Waals surface area contributed by atoms with Crippen LogP contribution in [0.5, 0.6) is 0 Å². The van der Waals surface area contributed by atoms with E-state index < -0.39 is 0 Å². The summed E-state index contributed by atoms with van der Waals surface area (Å²) in [6.45, 7) is 14.7. The van der Waals surface area contributed by atoms with E-state index in [9.17, 15) is 0 Å². The predicted molar refractivity (Wildman–Crippen MR) is 122 cm³/mol. The third-order valence-corrected chi connectivity index (χ3v) is 3.69. The van der Waals surface area contributed by atoms with Crippen LogP contribution >= 0.6 is 0 Å². The molecule has 0 aliphatic carbocycles. The van der Waals surface area contributed by atoms with E-state index in [1.807, 2.05) is 14.0 Å². The van der Waals surface area contributed by atoms with Gasteiger partial charge in [0, 0.05) is 26.6 Å². The number of hydrogen-bond acceptors (Lipinski definition) is 6. The molecule has 1 aromatic heterocycles. The number of nitrogens with zero attached hydrogens (tertiary/aromatic N) is 2. The number of aliphatic hydroxyl groups excluding tert-OH is 1. The molecule has 156 valence electrons. The van der Waals surface area contributed by atoms with Crippen molar-refractivity contribution in [3.8, 4) is 36.5 Å². The third kappa shape index (κ3) is 10.0. The van der Waals surface area contributed by atoms with Gasteiger partial charge in [-0.15, -0.1) is 39.2 Å². The molecule has 0 spiro atoms. The molecule has 0 radical (unpaired) electrons. The summed E-state index contributed by atoms with van der Waals surface area (Å²) in [5.74, 6) is 12.3. The second-order valence-corrected chi connectivity index (χ2v) is 5.43. The van der Waals surface area contributed by atoms with Crippen molar-refractivity contribution in [2.75, 3.05) is 37.9 Å². The molecule has 3 N–H and O–H groups in total. The zero-order valence-corrected chi connectivity index (χ0v) is 17.7. The second kappa shape index (κ2) is 18.1. The normalized spacial score (nSPS) is 14.3. The number of methoxy groups -OCH3 is 1. The maximum atomic E-state index is 8.79. The topological polar surface area (TPSA) is 79.3 Å². The van der Waals surface area contributed by atoms with Crippen LogP contribution in [0, 0.1) is 42.4 Å². The van der Waals surface area contributed by atoms with Crippen LogP contribution in [0.15, 0.2) is 32.6 Å². The van der Waals surface area contributed by atoms with Crippen LogP contribution in [-0.2, 0) is 4.74 Å². The number of rotatable bonds is 5. The van der Waals surface area contributed by atoms with Gasteiger partial charge in [-0.05, 0) is 18.3 Å². The Morgan fingerprint density at radius 1 is 1.34 bits per heavy atom. The van der Waals surface area contributed by atoms with Crippen molar-refractivity contribution in [1.82, 2.24) is 9.97 Å². The first-order valence-electron chi connectivity index (χ1n) is 8.93. The first-order valence-corrected chi connectivity index (χ1v) is 8.93. The Kier molecular flexibility index (Phi) is 17.5. The fraction of sp³-hybridized carbons (Fsp3) is 0.391. The Hall–Kier alpha value is -3.24. The first-order chi connectivity index (χ1) is 14.1. The van der Waals surface area contributed by atoms with E-state index >= 15 is 0 Å². The van der Waals surface area contributed by atoms with E-state index in [0.29, 0.717) is 6.42 Å². The molecule has 1 aromatic rings. The highest BCUT2D eigenvalue weighted by Crippen LogP contribution is 2.33. The first kappa shape index (κ1) is 28.0. The molecule has 2 heterocycles. The Labute approximate surface area is 175 Å². The third-order valence-electron chi connectivity index (χ3n) is 3.69. The Morgan fingerprint density at radius 3 is 2.48 bits per heavy atom. The highest BCUT2D eigenvalue weighted by molar-refractivity contribution is 5.64. The number of terminal acetylenes is 2. The summed E-state index contributed by atoms with van der Waals surface area (Å²) in [7, 11) is 3.40. The molecule has 0 saturated heterocycles. The fourth-order valence-corrected chi connectivity index (χ4v) is 2.37. The van der Waals surface area contributed by atoms with Gasteiger partial charge < -0.3 is 20.5 Å². The van der Waals surface area contributed by atoms with Crippen LogP contribution < -0.4 is 10.6 Å². The molecule has 0 saturated carbocycles. The lowest BCUT2D eigenvalue weighted by molar-refractivity contribution is 0.0379. The molecule has 6 nitrogen and oxygen atoms in total. The minimum Gasteiger partial charge on any atom is -0.394 e. The van der Waals surface area contributed by atoms with Crippen LogP contribution in [0.3, 0.4) is 0 Å². The van der Waals surface area contributed by atoms with E-state index in [2.05, 4.69) is 70.6 Å². The van der Waals surface area contributed by atoms with Gasteiger partial charge in [0.25, 0.3) is 0 Å². The van der Waals surface area contributed by atoms with Gasteiger partial charge in [-0.1, -0.05) is 18.8 Å². The molecule has 6 heteroatoms. The largest absolute Gasteiger partial charge is 0.394 e. The summed E-state index contributed by atoms with van der Waals surface area (Å²) in [6.07, 6.45) is 12.5. The summed E-state index contributed by atoms with van der Waals surface area (Å²) in [5.41, 5.74) is 1.01. The van der Waals surface area contributed by atoms with Crippen molar-refractivity contribution in [2.45, 2.75) is 25.4 Å². The monoisotopic (exact) mass is 396 g/mol. The molecule has 3 atom stereocenters. The van der Waals surface area contributed by atoms with Crippen LogP contribution in [0.4, 0.5) is 11.6 Å². The molecule has 1 aliphatic heterocycles. The standard InChI is InChI=1S/C10H14O2.C9H10N4.2C2H4/c1-4-5-6-9(2)7-10(8-11)12-3;1-3-6-4-11-9-7(6)8(10-2)12-5-13-9;2*1-2/h1,9-11H,7-8H2,2-3H3;1,5-6H,4H2,2H3,(H2,10,11,12,13);2*1-2H2/t9?,10-;;;/m0.../s1. The molecule has 0 amide bonds. The van der Waals surface area contributed by atoms with Gasteiger partial charge >= 0.3 is 0 Å². The average Bonchev–Trinajstić information content (AvgIpc) is 3.22. The quantitative estimate of drug-likeness (QED) is 0.525. The molecule has 29 heavy (non-hydrogen) atoms. The highest BCUT2D eigenvalue weighted by Gasteiger charge is 2.25. The maximum Gasteiger partial charge on any atom is 0.136 e. The second-order valence-electron chi connectivity index (χ2n) is 5.43. The van der Waals surface area contributed by atoms with Crippen molar-refractivity contribution >= 4 is 11.6 Å². The minimum atomic E-state index is -0.132. The number of aromatic nitrogens is 2. The van der Waals surface area contributed by atoms with Crippen LogP contribution in [0.25, 0.3) is 0 Å². The van der Waals surface area contributed by atoms with E-state index in [-0.39, 0.29) is 24.5 Å². The number of fused-ring (bicyclic) bond motifs is 1.